The maximum Gasteiger partial charge on any atom is 0.315 e. The Bertz CT molecular complexity index is 399. The molecule has 0 amide bonds. The van der Waals surface area contributed by atoms with Gasteiger partial charge in [0.1, 0.15) is 5.76 Å². The molecular formula is C13H14O2. The van der Waals surface area contributed by atoms with Gasteiger partial charge in [-0.15, -0.1) is 0 Å². The van der Waals surface area contributed by atoms with Gasteiger partial charge in [-0.25, -0.2) is 0 Å². The van der Waals surface area contributed by atoms with Gasteiger partial charge in [0.25, 0.3) is 0 Å². The fraction of sp³-hybridized carbons (Fsp3) is 0.308. The topological polar surface area (TPSA) is 26.3 Å². The number of hydrogen-bond donors (Lipinski definition) is 0. The summed E-state index contributed by atoms with van der Waals surface area (Å²) in [4.78, 5) is 10.9. The van der Waals surface area contributed by atoms with Crippen molar-refractivity contribution in [2.45, 2.75) is 26.2 Å². The third-order valence-corrected chi connectivity index (χ3v) is 2.54. The molecule has 2 nitrogen and oxygen atoms in total. The highest BCUT2D eigenvalue weighted by Gasteiger charge is 2.15. The lowest BCUT2D eigenvalue weighted by molar-refractivity contribution is -0.134. The number of rotatable bonds is 2. The Morgan fingerprint density at radius 2 is 1.87 bits per heavy atom. The molecule has 0 aromatic heterocycles. The fourth-order valence-electron chi connectivity index (χ4n) is 1.59. The number of benzene rings is 1. The van der Waals surface area contributed by atoms with Crippen LogP contribution in [0.5, 0.6) is 0 Å². The van der Waals surface area contributed by atoms with E-state index in [1.54, 1.807) is 0 Å². The van der Waals surface area contributed by atoms with Gasteiger partial charge in [0.15, 0.2) is 0 Å². The smallest absolute Gasteiger partial charge is 0.315 e. The highest BCUT2D eigenvalue weighted by atomic mass is 16.5. The van der Waals surface area contributed by atoms with E-state index in [0.717, 1.165) is 5.56 Å². The molecule has 2 heteroatoms. The van der Waals surface area contributed by atoms with Gasteiger partial charge >= 0.3 is 5.97 Å². The van der Waals surface area contributed by atoms with E-state index in [1.807, 2.05) is 18.2 Å². The fourth-order valence-corrected chi connectivity index (χ4v) is 1.59. The van der Waals surface area contributed by atoms with Gasteiger partial charge in [0.2, 0.25) is 0 Å². The molecule has 1 heterocycles. The molecule has 0 unspecified atom stereocenters. The lowest BCUT2D eigenvalue weighted by atomic mass is 10.0. The van der Waals surface area contributed by atoms with E-state index in [-0.39, 0.29) is 5.97 Å². The molecule has 1 aliphatic rings. The summed E-state index contributed by atoms with van der Waals surface area (Å²) in [5.74, 6) is 1.05. The van der Waals surface area contributed by atoms with Crippen LogP contribution in [-0.4, -0.2) is 5.97 Å². The molecule has 1 aliphatic heterocycles. The SMILES string of the molecule is CC(C)c1ccc(C2=CCC(=O)O2)cc1. The molecule has 0 N–H and O–H groups in total. The number of ether oxygens (including phenoxy) is 1. The first kappa shape index (κ1) is 9.97. The average molecular weight is 202 g/mol. The second-order valence-electron chi connectivity index (χ2n) is 4.02. The van der Waals surface area contributed by atoms with Crippen molar-refractivity contribution in [2.75, 3.05) is 0 Å². The van der Waals surface area contributed by atoms with Crippen LogP contribution in [0.15, 0.2) is 30.3 Å². The van der Waals surface area contributed by atoms with Crippen LogP contribution in [0, 0.1) is 0 Å². The van der Waals surface area contributed by atoms with Crippen molar-refractivity contribution in [3.8, 4) is 0 Å². The third kappa shape index (κ3) is 2.09. The molecule has 0 aliphatic carbocycles. The van der Waals surface area contributed by atoms with Crippen LogP contribution in [-0.2, 0) is 9.53 Å². The molecule has 0 spiro atoms. The Morgan fingerprint density at radius 3 is 2.33 bits per heavy atom. The van der Waals surface area contributed by atoms with E-state index < -0.39 is 0 Å². The lowest BCUT2D eigenvalue weighted by Crippen LogP contribution is -1.94. The number of carbonyl (C=O) groups excluding carboxylic acids is 1. The lowest BCUT2D eigenvalue weighted by Gasteiger charge is -2.07. The van der Waals surface area contributed by atoms with Crippen LogP contribution in [0.3, 0.4) is 0 Å². The highest BCUT2D eigenvalue weighted by molar-refractivity contribution is 5.85. The van der Waals surface area contributed by atoms with E-state index >= 15 is 0 Å². The Hall–Kier alpha value is -1.57. The summed E-state index contributed by atoms with van der Waals surface area (Å²) in [6, 6.07) is 8.15. The summed E-state index contributed by atoms with van der Waals surface area (Å²) in [5.41, 5.74) is 2.27. The van der Waals surface area contributed by atoms with Crippen molar-refractivity contribution in [3.05, 3.63) is 41.5 Å². The van der Waals surface area contributed by atoms with E-state index in [2.05, 4.69) is 26.0 Å². The third-order valence-electron chi connectivity index (χ3n) is 2.54. The zero-order valence-corrected chi connectivity index (χ0v) is 8.99. The zero-order valence-electron chi connectivity index (χ0n) is 8.99. The molecule has 0 atom stereocenters. The molecule has 15 heavy (non-hydrogen) atoms. The molecule has 0 radical (unpaired) electrons. The Kier molecular flexibility index (Phi) is 2.58. The average Bonchev–Trinajstić information content (AvgIpc) is 2.65. The van der Waals surface area contributed by atoms with Gasteiger partial charge in [-0.2, -0.15) is 0 Å². The molecule has 0 bridgehead atoms. The van der Waals surface area contributed by atoms with Crippen LogP contribution in [0.1, 0.15) is 37.3 Å². The van der Waals surface area contributed by atoms with Gasteiger partial charge in [-0.05, 0) is 17.6 Å². The number of carbonyl (C=O) groups is 1. The summed E-state index contributed by atoms with van der Waals surface area (Å²) >= 11 is 0. The predicted octanol–water partition coefficient (Wildman–Crippen LogP) is 3.10. The Labute approximate surface area is 89.6 Å². The van der Waals surface area contributed by atoms with E-state index in [9.17, 15) is 4.79 Å². The Morgan fingerprint density at radius 1 is 1.20 bits per heavy atom. The van der Waals surface area contributed by atoms with Crippen molar-refractivity contribution in [1.82, 2.24) is 0 Å². The van der Waals surface area contributed by atoms with Crippen molar-refractivity contribution in [2.24, 2.45) is 0 Å². The maximum atomic E-state index is 10.9. The van der Waals surface area contributed by atoms with Crippen molar-refractivity contribution in [1.29, 1.82) is 0 Å². The summed E-state index contributed by atoms with van der Waals surface area (Å²) < 4.78 is 5.07. The van der Waals surface area contributed by atoms with Gasteiger partial charge in [0.05, 0.1) is 6.42 Å². The minimum atomic E-state index is -0.169. The Balaban J connectivity index is 2.21. The van der Waals surface area contributed by atoms with Crippen LogP contribution in [0.25, 0.3) is 5.76 Å². The second kappa shape index (κ2) is 3.89. The van der Waals surface area contributed by atoms with Crippen LogP contribution < -0.4 is 0 Å². The first-order valence-electron chi connectivity index (χ1n) is 5.18. The standard InChI is InChI=1S/C13H14O2/c1-9(2)10-3-5-11(6-4-10)12-7-8-13(14)15-12/h3-7,9H,8H2,1-2H3. The minimum Gasteiger partial charge on any atom is -0.426 e. The molecule has 0 fully saturated rings. The largest absolute Gasteiger partial charge is 0.426 e. The molecule has 78 valence electrons. The molecule has 0 saturated carbocycles. The summed E-state index contributed by atoms with van der Waals surface area (Å²) in [7, 11) is 0. The molecule has 1 aromatic carbocycles. The normalized spacial score (nSPS) is 15.4. The van der Waals surface area contributed by atoms with Crippen molar-refractivity contribution < 1.29 is 9.53 Å². The van der Waals surface area contributed by atoms with Crippen LogP contribution in [0.4, 0.5) is 0 Å². The van der Waals surface area contributed by atoms with Crippen molar-refractivity contribution >= 4 is 11.7 Å². The quantitative estimate of drug-likeness (QED) is 0.689. The molecule has 1 aromatic rings. The van der Waals surface area contributed by atoms with Gasteiger partial charge < -0.3 is 4.74 Å². The predicted molar refractivity (Wildman–Crippen MR) is 59.2 cm³/mol. The van der Waals surface area contributed by atoms with E-state index in [0.29, 0.717) is 18.1 Å². The van der Waals surface area contributed by atoms with Crippen LogP contribution >= 0.6 is 0 Å². The number of esters is 1. The van der Waals surface area contributed by atoms with Crippen LogP contribution in [0.2, 0.25) is 0 Å². The van der Waals surface area contributed by atoms with Gasteiger partial charge in [-0.1, -0.05) is 38.1 Å². The molecule has 0 saturated heterocycles. The van der Waals surface area contributed by atoms with Gasteiger partial charge in [-0.3, -0.25) is 4.79 Å². The van der Waals surface area contributed by atoms with E-state index in [1.165, 1.54) is 5.56 Å². The zero-order chi connectivity index (χ0) is 10.8. The number of hydrogen-bond acceptors (Lipinski definition) is 2. The van der Waals surface area contributed by atoms with Gasteiger partial charge in [0, 0.05) is 5.56 Å². The maximum absolute atomic E-state index is 10.9. The number of cyclic esters (lactones) is 1. The van der Waals surface area contributed by atoms with E-state index in [4.69, 9.17) is 4.74 Å². The first-order chi connectivity index (χ1) is 7.16. The summed E-state index contributed by atoms with van der Waals surface area (Å²) in [5, 5.41) is 0. The summed E-state index contributed by atoms with van der Waals surface area (Å²) in [6.45, 7) is 4.31. The highest BCUT2D eigenvalue weighted by Crippen LogP contribution is 2.24. The minimum absolute atomic E-state index is 0.169. The monoisotopic (exact) mass is 202 g/mol. The summed E-state index contributed by atoms with van der Waals surface area (Å²) in [6.07, 6.45) is 2.22. The van der Waals surface area contributed by atoms with Crippen molar-refractivity contribution in [3.63, 3.8) is 0 Å². The molecule has 2 rings (SSSR count). The molecular weight excluding hydrogens is 188 g/mol. The second-order valence-corrected chi connectivity index (χ2v) is 4.02. The first-order valence-corrected chi connectivity index (χ1v) is 5.18.